The Morgan fingerprint density at radius 1 is 0.875 bits per heavy atom. The Morgan fingerprint density at radius 3 is 1.83 bits per heavy atom. The number of nitrogens with zero attached hydrogens (tertiary/aromatic N) is 1. The normalized spacial score (nSPS) is 13.5. The quantitative estimate of drug-likeness (QED) is 0.161. The van der Waals surface area contributed by atoms with Crippen molar-refractivity contribution in [3.63, 3.8) is 0 Å². The zero-order valence-corrected chi connectivity index (χ0v) is 16.9. The average molecular weight is 341 g/mol. The summed E-state index contributed by atoms with van der Waals surface area (Å²) in [5.41, 5.74) is 0.482. The van der Waals surface area contributed by atoms with E-state index >= 15 is 0 Å². The summed E-state index contributed by atoms with van der Waals surface area (Å²) in [6.07, 6.45) is 13.7. The third kappa shape index (κ3) is 12.6. The molecule has 3 nitrogen and oxygen atoms in total. The molecule has 0 spiro atoms. The van der Waals surface area contributed by atoms with Crippen molar-refractivity contribution in [2.45, 2.75) is 85.0 Å². The fraction of sp³-hybridized carbons (Fsp3) is 0.857. The first-order valence-electron chi connectivity index (χ1n) is 10.1. The van der Waals surface area contributed by atoms with E-state index in [4.69, 9.17) is 4.74 Å². The SMILES string of the molecule is C=C(C)C(=O)OCC[N+](C)(CC)CCCCCCCCCCCC. The van der Waals surface area contributed by atoms with Crippen molar-refractivity contribution in [1.82, 2.24) is 0 Å². The zero-order chi connectivity index (χ0) is 18.3. The average Bonchev–Trinajstić information content (AvgIpc) is 2.56. The molecular formula is C21H42NO2+. The second kappa shape index (κ2) is 14.5. The maximum atomic E-state index is 11.4. The summed E-state index contributed by atoms with van der Waals surface area (Å²) in [5, 5.41) is 0. The lowest BCUT2D eigenvalue weighted by Crippen LogP contribution is -2.47. The standard InChI is InChI=1S/C21H42NO2/c1-6-8-9-10-11-12-13-14-15-16-17-22(5,7-2)18-19-24-21(23)20(3)4/h3,6-19H2,1-2,4-5H3/q+1. The van der Waals surface area contributed by atoms with Crippen LogP contribution < -0.4 is 0 Å². The van der Waals surface area contributed by atoms with Crippen molar-refractivity contribution in [2.24, 2.45) is 0 Å². The molecule has 3 heteroatoms. The molecule has 0 bridgehead atoms. The lowest BCUT2D eigenvalue weighted by Gasteiger charge is -2.33. The van der Waals surface area contributed by atoms with Crippen LogP contribution in [-0.2, 0) is 9.53 Å². The zero-order valence-electron chi connectivity index (χ0n) is 16.9. The lowest BCUT2D eigenvalue weighted by atomic mass is 10.1. The van der Waals surface area contributed by atoms with Gasteiger partial charge in [0.2, 0.25) is 0 Å². The third-order valence-electron chi connectivity index (χ3n) is 5.03. The van der Waals surface area contributed by atoms with Crippen LogP contribution in [0.1, 0.15) is 85.0 Å². The van der Waals surface area contributed by atoms with Crippen LogP contribution in [0.2, 0.25) is 0 Å². The minimum absolute atomic E-state index is 0.267. The van der Waals surface area contributed by atoms with E-state index < -0.39 is 0 Å². The Labute approximate surface area is 151 Å². The predicted octanol–water partition coefficient (Wildman–Crippen LogP) is 5.49. The van der Waals surface area contributed by atoms with Gasteiger partial charge in [0, 0.05) is 5.57 Å². The molecule has 0 aromatic carbocycles. The van der Waals surface area contributed by atoms with Crippen LogP contribution in [0, 0.1) is 0 Å². The van der Waals surface area contributed by atoms with Gasteiger partial charge in [0.15, 0.2) is 0 Å². The first kappa shape index (κ1) is 23.2. The molecule has 0 fully saturated rings. The highest BCUT2D eigenvalue weighted by molar-refractivity contribution is 5.86. The number of rotatable bonds is 16. The van der Waals surface area contributed by atoms with Gasteiger partial charge in [0.25, 0.3) is 0 Å². The monoisotopic (exact) mass is 340 g/mol. The molecule has 0 aromatic heterocycles. The first-order valence-corrected chi connectivity index (χ1v) is 10.1. The molecule has 0 radical (unpaired) electrons. The number of likely N-dealkylation sites (N-methyl/N-ethyl adjacent to an activating group) is 1. The highest BCUT2D eigenvalue weighted by atomic mass is 16.5. The van der Waals surface area contributed by atoms with Gasteiger partial charge in [-0.05, 0) is 26.7 Å². The Kier molecular flexibility index (Phi) is 14.0. The van der Waals surface area contributed by atoms with Gasteiger partial charge in [-0.2, -0.15) is 0 Å². The molecule has 0 heterocycles. The van der Waals surface area contributed by atoms with Gasteiger partial charge in [-0.25, -0.2) is 4.79 Å². The number of quaternary nitrogens is 1. The molecule has 0 saturated carbocycles. The van der Waals surface area contributed by atoms with E-state index in [9.17, 15) is 4.79 Å². The van der Waals surface area contributed by atoms with Crippen molar-refractivity contribution in [2.75, 3.05) is 33.3 Å². The summed E-state index contributed by atoms with van der Waals surface area (Å²) >= 11 is 0. The molecule has 142 valence electrons. The van der Waals surface area contributed by atoms with E-state index in [1.54, 1.807) is 6.92 Å². The largest absolute Gasteiger partial charge is 0.456 e. The minimum atomic E-state index is -0.267. The number of hydrogen-bond acceptors (Lipinski definition) is 2. The lowest BCUT2D eigenvalue weighted by molar-refractivity contribution is -0.908. The van der Waals surface area contributed by atoms with Crippen molar-refractivity contribution in [3.8, 4) is 0 Å². The van der Waals surface area contributed by atoms with Crippen LogP contribution in [-0.4, -0.2) is 43.7 Å². The number of hydrogen-bond donors (Lipinski definition) is 0. The Balaban J connectivity index is 3.65. The fourth-order valence-electron chi connectivity index (χ4n) is 2.89. The van der Waals surface area contributed by atoms with Crippen molar-refractivity contribution in [1.29, 1.82) is 0 Å². The van der Waals surface area contributed by atoms with Gasteiger partial charge in [0.05, 0.1) is 20.1 Å². The summed E-state index contributed by atoms with van der Waals surface area (Å²) in [5.74, 6) is -0.267. The number of unbranched alkanes of at least 4 members (excludes halogenated alkanes) is 9. The summed E-state index contributed by atoms with van der Waals surface area (Å²) in [7, 11) is 2.27. The molecule has 0 N–H and O–H groups in total. The maximum Gasteiger partial charge on any atom is 0.333 e. The number of carbonyl (C=O) groups is 1. The van der Waals surface area contributed by atoms with E-state index in [-0.39, 0.29) is 5.97 Å². The van der Waals surface area contributed by atoms with Crippen LogP contribution in [0.4, 0.5) is 0 Å². The molecule has 0 rings (SSSR count). The van der Waals surface area contributed by atoms with Crippen LogP contribution in [0.3, 0.4) is 0 Å². The van der Waals surface area contributed by atoms with Crippen LogP contribution >= 0.6 is 0 Å². The molecular weight excluding hydrogens is 298 g/mol. The molecule has 0 aromatic rings. The van der Waals surface area contributed by atoms with E-state index in [2.05, 4.69) is 27.5 Å². The third-order valence-corrected chi connectivity index (χ3v) is 5.03. The van der Waals surface area contributed by atoms with E-state index in [1.807, 2.05) is 0 Å². The van der Waals surface area contributed by atoms with Gasteiger partial charge in [-0.3, -0.25) is 0 Å². The Morgan fingerprint density at radius 2 is 1.38 bits per heavy atom. The summed E-state index contributed by atoms with van der Waals surface area (Å²) in [4.78, 5) is 11.4. The van der Waals surface area contributed by atoms with E-state index in [0.717, 1.165) is 17.6 Å². The van der Waals surface area contributed by atoms with Crippen LogP contribution in [0.25, 0.3) is 0 Å². The van der Waals surface area contributed by atoms with E-state index in [1.165, 1.54) is 70.8 Å². The second-order valence-corrected chi connectivity index (χ2v) is 7.48. The molecule has 0 amide bonds. The van der Waals surface area contributed by atoms with Gasteiger partial charge < -0.3 is 9.22 Å². The molecule has 0 saturated heterocycles. The summed E-state index contributed by atoms with van der Waals surface area (Å²) in [6.45, 7) is 13.5. The molecule has 24 heavy (non-hydrogen) atoms. The Bertz CT molecular complexity index is 341. The van der Waals surface area contributed by atoms with Gasteiger partial charge in [0.1, 0.15) is 13.2 Å². The highest BCUT2D eigenvalue weighted by Gasteiger charge is 2.19. The first-order chi connectivity index (χ1) is 11.4. The van der Waals surface area contributed by atoms with Crippen molar-refractivity contribution in [3.05, 3.63) is 12.2 Å². The number of esters is 1. The summed E-state index contributed by atoms with van der Waals surface area (Å²) in [6, 6.07) is 0. The Hall–Kier alpha value is -0.830. The molecule has 1 unspecified atom stereocenters. The minimum Gasteiger partial charge on any atom is -0.456 e. The fourth-order valence-corrected chi connectivity index (χ4v) is 2.89. The topological polar surface area (TPSA) is 26.3 Å². The van der Waals surface area contributed by atoms with Gasteiger partial charge in [-0.15, -0.1) is 0 Å². The van der Waals surface area contributed by atoms with Gasteiger partial charge >= 0.3 is 5.97 Å². The maximum absolute atomic E-state index is 11.4. The molecule has 0 aliphatic heterocycles. The van der Waals surface area contributed by atoms with Crippen molar-refractivity contribution < 1.29 is 14.0 Å². The molecule has 0 aliphatic rings. The highest BCUT2D eigenvalue weighted by Crippen LogP contribution is 2.12. The van der Waals surface area contributed by atoms with Crippen molar-refractivity contribution >= 4 is 5.97 Å². The smallest absolute Gasteiger partial charge is 0.333 e. The van der Waals surface area contributed by atoms with E-state index in [0.29, 0.717) is 12.2 Å². The molecule has 1 atom stereocenters. The summed E-state index contributed by atoms with van der Waals surface area (Å²) < 4.78 is 6.23. The number of ether oxygens (including phenoxy) is 1. The van der Waals surface area contributed by atoms with Crippen LogP contribution in [0.5, 0.6) is 0 Å². The predicted molar refractivity (Wildman–Crippen MR) is 104 cm³/mol. The van der Waals surface area contributed by atoms with Crippen LogP contribution in [0.15, 0.2) is 12.2 Å². The second-order valence-electron chi connectivity index (χ2n) is 7.48. The van der Waals surface area contributed by atoms with Gasteiger partial charge in [-0.1, -0.05) is 64.9 Å². The number of carbonyl (C=O) groups excluding carboxylic acids is 1. The molecule has 0 aliphatic carbocycles.